The average Bonchev–Trinajstić information content (AvgIpc) is 2.40. The van der Waals surface area contributed by atoms with Crippen LogP contribution in [0, 0.1) is 5.82 Å². The van der Waals surface area contributed by atoms with Gasteiger partial charge in [-0.15, -0.1) is 0 Å². The van der Waals surface area contributed by atoms with Gasteiger partial charge in [-0.2, -0.15) is 0 Å². The van der Waals surface area contributed by atoms with Crippen LogP contribution in [0.15, 0.2) is 46.9 Å². The molecule has 1 atom stereocenters. The molecule has 100 valence electrons. The predicted molar refractivity (Wildman–Crippen MR) is 78.1 cm³/mol. The lowest BCUT2D eigenvalue weighted by Crippen LogP contribution is -2.12. The second kappa shape index (κ2) is 6.17. The molecule has 0 bridgehead atoms. The van der Waals surface area contributed by atoms with Crippen molar-refractivity contribution in [3.05, 3.63) is 58.3 Å². The first-order chi connectivity index (χ1) is 9.10. The monoisotopic (exact) mass is 323 g/mol. The molecule has 0 amide bonds. The average molecular weight is 324 g/mol. The molecule has 0 saturated carbocycles. The molecule has 0 heterocycles. The van der Waals surface area contributed by atoms with Gasteiger partial charge in [0.05, 0.1) is 4.47 Å². The highest BCUT2D eigenvalue weighted by Gasteiger charge is 2.08. The van der Waals surface area contributed by atoms with Crippen molar-refractivity contribution in [1.29, 1.82) is 0 Å². The van der Waals surface area contributed by atoms with Gasteiger partial charge in [0.25, 0.3) is 0 Å². The fraction of sp³-hybridized carbons (Fsp3) is 0.200. The van der Waals surface area contributed by atoms with Crippen molar-refractivity contribution in [3.63, 3.8) is 0 Å². The third-order valence-corrected chi connectivity index (χ3v) is 3.53. The fourth-order valence-corrected chi connectivity index (χ4v) is 2.17. The molecule has 0 aromatic heterocycles. The summed E-state index contributed by atoms with van der Waals surface area (Å²) < 4.78 is 19.6. The van der Waals surface area contributed by atoms with Crippen molar-refractivity contribution in [2.75, 3.05) is 7.05 Å². The second-order valence-corrected chi connectivity index (χ2v) is 5.11. The lowest BCUT2D eigenvalue weighted by molar-refractivity contribution is 0.473. The molecular weight excluding hydrogens is 309 g/mol. The van der Waals surface area contributed by atoms with E-state index in [4.69, 9.17) is 4.74 Å². The zero-order valence-corrected chi connectivity index (χ0v) is 12.4. The van der Waals surface area contributed by atoms with E-state index in [0.29, 0.717) is 11.5 Å². The molecule has 2 aromatic rings. The van der Waals surface area contributed by atoms with Gasteiger partial charge in [-0.05, 0) is 59.7 Å². The highest BCUT2D eigenvalue weighted by atomic mass is 79.9. The van der Waals surface area contributed by atoms with Gasteiger partial charge in [0.2, 0.25) is 0 Å². The molecule has 0 aliphatic rings. The van der Waals surface area contributed by atoms with Gasteiger partial charge in [0.15, 0.2) is 0 Å². The summed E-state index contributed by atoms with van der Waals surface area (Å²) in [6, 6.07) is 12.2. The largest absolute Gasteiger partial charge is 0.456 e. The first-order valence-corrected chi connectivity index (χ1v) is 6.79. The van der Waals surface area contributed by atoms with Crippen LogP contribution in [0.4, 0.5) is 4.39 Å². The van der Waals surface area contributed by atoms with Crippen LogP contribution in [-0.2, 0) is 0 Å². The van der Waals surface area contributed by atoms with Crippen molar-refractivity contribution in [1.82, 2.24) is 5.32 Å². The molecule has 4 heteroatoms. The zero-order valence-electron chi connectivity index (χ0n) is 10.8. The molecule has 2 rings (SSSR count). The van der Waals surface area contributed by atoms with Crippen LogP contribution in [0.1, 0.15) is 18.5 Å². The van der Waals surface area contributed by atoms with E-state index < -0.39 is 0 Å². The summed E-state index contributed by atoms with van der Waals surface area (Å²) in [5.74, 6) is 0.835. The summed E-state index contributed by atoms with van der Waals surface area (Å²) in [5.41, 5.74) is 1.15. The van der Waals surface area contributed by atoms with Crippen LogP contribution in [0.3, 0.4) is 0 Å². The highest BCUT2D eigenvalue weighted by Crippen LogP contribution is 2.32. The van der Waals surface area contributed by atoms with E-state index in [1.54, 1.807) is 12.1 Å². The number of halogens is 2. The van der Waals surface area contributed by atoms with Crippen LogP contribution in [0.5, 0.6) is 11.5 Å². The molecule has 0 saturated heterocycles. The van der Waals surface area contributed by atoms with E-state index in [-0.39, 0.29) is 11.9 Å². The van der Waals surface area contributed by atoms with Crippen LogP contribution >= 0.6 is 15.9 Å². The fourth-order valence-electron chi connectivity index (χ4n) is 1.69. The van der Waals surface area contributed by atoms with Gasteiger partial charge in [0.1, 0.15) is 17.3 Å². The normalized spacial score (nSPS) is 12.2. The summed E-state index contributed by atoms with van der Waals surface area (Å²) in [4.78, 5) is 0. The number of benzene rings is 2. The van der Waals surface area contributed by atoms with E-state index in [0.717, 1.165) is 10.0 Å². The summed E-state index contributed by atoms with van der Waals surface area (Å²) in [5, 5.41) is 3.17. The number of hydrogen-bond acceptors (Lipinski definition) is 2. The Morgan fingerprint density at radius 2 is 2.00 bits per heavy atom. The van der Waals surface area contributed by atoms with Gasteiger partial charge in [-0.3, -0.25) is 0 Å². The third-order valence-electron chi connectivity index (χ3n) is 2.91. The maximum Gasteiger partial charge on any atom is 0.141 e. The maximum absolute atomic E-state index is 13.1. The number of ether oxygens (including phenoxy) is 1. The third kappa shape index (κ3) is 3.55. The summed E-state index contributed by atoms with van der Waals surface area (Å²) >= 11 is 3.47. The summed E-state index contributed by atoms with van der Waals surface area (Å²) in [6.45, 7) is 2.08. The van der Waals surface area contributed by atoms with Crippen LogP contribution in [0.25, 0.3) is 0 Å². The quantitative estimate of drug-likeness (QED) is 0.883. The van der Waals surface area contributed by atoms with E-state index in [1.165, 1.54) is 12.1 Å². The first-order valence-electron chi connectivity index (χ1n) is 6.00. The molecule has 0 aliphatic carbocycles. The Morgan fingerprint density at radius 3 is 2.63 bits per heavy atom. The molecule has 1 N–H and O–H groups in total. The molecule has 1 unspecified atom stereocenters. The Hall–Kier alpha value is -1.39. The Kier molecular flexibility index (Phi) is 4.56. The predicted octanol–water partition coefficient (Wildman–Crippen LogP) is 4.66. The molecule has 2 aromatic carbocycles. The van der Waals surface area contributed by atoms with E-state index >= 15 is 0 Å². The SMILES string of the molecule is CNC(C)c1ccc(Oc2cccc(F)c2)c(Br)c1. The van der Waals surface area contributed by atoms with Crippen LogP contribution in [-0.4, -0.2) is 7.05 Å². The van der Waals surface area contributed by atoms with Crippen molar-refractivity contribution < 1.29 is 9.13 Å². The van der Waals surface area contributed by atoms with Crippen molar-refractivity contribution in [3.8, 4) is 11.5 Å². The van der Waals surface area contributed by atoms with Gasteiger partial charge >= 0.3 is 0 Å². The van der Waals surface area contributed by atoms with E-state index in [2.05, 4.69) is 28.2 Å². The Morgan fingerprint density at radius 1 is 1.21 bits per heavy atom. The minimum Gasteiger partial charge on any atom is -0.456 e. The van der Waals surface area contributed by atoms with Gasteiger partial charge in [-0.25, -0.2) is 4.39 Å². The first kappa shape index (κ1) is 14.0. The lowest BCUT2D eigenvalue weighted by Gasteiger charge is -2.13. The highest BCUT2D eigenvalue weighted by molar-refractivity contribution is 9.10. The van der Waals surface area contributed by atoms with Crippen LogP contribution < -0.4 is 10.1 Å². The maximum atomic E-state index is 13.1. The Balaban J connectivity index is 2.22. The zero-order chi connectivity index (χ0) is 13.8. The molecule has 0 radical (unpaired) electrons. The standard InChI is InChI=1S/C15H15BrFNO/c1-10(18-2)11-6-7-15(14(16)8-11)19-13-5-3-4-12(17)9-13/h3-10,18H,1-2H3. The van der Waals surface area contributed by atoms with Gasteiger partial charge in [0, 0.05) is 12.1 Å². The molecular formula is C15H15BrFNO. The minimum atomic E-state index is -0.311. The smallest absolute Gasteiger partial charge is 0.141 e. The van der Waals surface area contributed by atoms with Gasteiger partial charge in [-0.1, -0.05) is 12.1 Å². The van der Waals surface area contributed by atoms with Gasteiger partial charge < -0.3 is 10.1 Å². The lowest BCUT2D eigenvalue weighted by atomic mass is 10.1. The number of nitrogens with one attached hydrogen (secondary N) is 1. The van der Waals surface area contributed by atoms with E-state index in [9.17, 15) is 4.39 Å². The molecule has 0 fully saturated rings. The van der Waals surface area contributed by atoms with Crippen molar-refractivity contribution in [2.45, 2.75) is 13.0 Å². The number of hydrogen-bond donors (Lipinski definition) is 1. The Bertz CT molecular complexity index is 574. The second-order valence-electron chi connectivity index (χ2n) is 4.26. The molecule has 0 spiro atoms. The molecule has 19 heavy (non-hydrogen) atoms. The topological polar surface area (TPSA) is 21.3 Å². The van der Waals surface area contributed by atoms with Crippen LogP contribution in [0.2, 0.25) is 0 Å². The van der Waals surface area contributed by atoms with Crippen molar-refractivity contribution in [2.24, 2.45) is 0 Å². The minimum absolute atomic E-state index is 0.263. The van der Waals surface area contributed by atoms with E-state index in [1.807, 2.05) is 25.2 Å². The Labute approximate surface area is 120 Å². The molecule has 2 nitrogen and oxygen atoms in total. The summed E-state index contributed by atoms with van der Waals surface area (Å²) in [7, 11) is 1.91. The summed E-state index contributed by atoms with van der Waals surface area (Å²) in [6.07, 6.45) is 0. The van der Waals surface area contributed by atoms with Crippen molar-refractivity contribution >= 4 is 15.9 Å². The number of rotatable bonds is 4. The molecule has 0 aliphatic heterocycles.